The highest BCUT2D eigenvalue weighted by Gasteiger charge is 2.02. The summed E-state index contributed by atoms with van der Waals surface area (Å²) in [5, 5.41) is 0. The van der Waals surface area contributed by atoms with E-state index < -0.39 is 0 Å². The first-order chi connectivity index (χ1) is 9.78. The fourth-order valence-electron chi connectivity index (χ4n) is 2.07. The minimum absolute atomic E-state index is 0.228. The smallest absolute Gasteiger partial charge is 0.119 e. The quantitative estimate of drug-likeness (QED) is 0.752. The van der Waals surface area contributed by atoms with Crippen LogP contribution in [-0.4, -0.2) is 22.2 Å². The van der Waals surface area contributed by atoms with Crippen LogP contribution in [-0.2, 0) is 13.0 Å². The van der Waals surface area contributed by atoms with Crippen molar-refractivity contribution in [3.63, 3.8) is 0 Å². The summed E-state index contributed by atoms with van der Waals surface area (Å²) in [4.78, 5) is 4.02. The lowest BCUT2D eigenvalue weighted by Gasteiger charge is -2.11. The zero-order valence-corrected chi connectivity index (χ0v) is 12.0. The normalized spacial score (nSPS) is 12.3. The van der Waals surface area contributed by atoms with Crippen LogP contribution < -0.4 is 10.5 Å². The summed E-state index contributed by atoms with van der Waals surface area (Å²) in [6.07, 6.45) is 8.45. The van der Waals surface area contributed by atoms with Crippen LogP contribution in [0.4, 0.5) is 0 Å². The Kier molecular flexibility index (Phi) is 5.62. The Morgan fingerprint density at radius 2 is 2.30 bits per heavy atom. The summed E-state index contributed by atoms with van der Waals surface area (Å²) in [7, 11) is 0. The number of aryl methyl sites for hydroxylation is 1. The van der Waals surface area contributed by atoms with Gasteiger partial charge in [-0.15, -0.1) is 0 Å². The standard InChI is InChI=1S/C16H23N3O/c1-2-15(17)11-14-5-3-6-16(12-14)20-10-4-8-19-9-7-18-13-19/h3,5-7,9,12-13,15H,2,4,8,10-11,17H2,1H3. The Bertz CT molecular complexity index is 496. The van der Waals surface area contributed by atoms with Gasteiger partial charge >= 0.3 is 0 Å². The molecule has 1 aromatic carbocycles. The molecular weight excluding hydrogens is 250 g/mol. The van der Waals surface area contributed by atoms with E-state index in [0.29, 0.717) is 6.61 Å². The average Bonchev–Trinajstić information content (AvgIpc) is 2.97. The third-order valence-corrected chi connectivity index (χ3v) is 3.31. The molecule has 0 amide bonds. The molecule has 0 aliphatic rings. The van der Waals surface area contributed by atoms with E-state index in [1.54, 1.807) is 6.20 Å². The van der Waals surface area contributed by atoms with Crippen LogP contribution in [0.1, 0.15) is 25.3 Å². The van der Waals surface area contributed by atoms with Gasteiger partial charge in [0.25, 0.3) is 0 Å². The number of aromatic nitrogens is 2. The Morgan fingerprint density at radius 1 is 1.40 bits per heavy atom. The van der Waals surface area contributed by atoms with Crippen LogP contribution in [0.5, 0.6) is 5.75 Å². The van der Waals surface area contributed by atoms with E-state index in [0.717, 1.165) is 31.6 Å². The second kappa shape index (κ2) is 7.70. The first-order valence-corrected chi connectivity index (χ1v) is 7.21. The highest BCUT2D eigenvalue weighted by atomic mass is 16.5. The number of hydrogen-bond donors (Lipinski definition) is 1. The van der Waals surface area contributed by atoms with Crippen molar-refractivity contribution >= 4 is 0 Å². The van der Waals surface area contributed by atoms with E-state index in [9.17, 15) is 0 Å². The molecule has 2 aromatic rings. The lowest BCUT2D eigenvalue weighted by Crippen LogP contribution is -2.21. The first kappa shape index (κ1) is 14.6. The Morgan fingerprint density at radius 3 is 3.05 bits per heavy atom. The molecule has 1 atom stereocenters. The third-order valence-electron chi connectivity index (χ3n) is 3.31. The Labute approximate surface area is 120 Å². The number of nitrogens with two attached hydrogens (primary N) is 1. The van der Waals surface area contributed by atoms with Crippen LogP contribution >= 0.6 is 0 Å². The van der Waals surface area contributed by atoms with Crippen LogP contribution in [0.25, 0.3) is 0 Å². The Hall–Kier alpha value is -1.81. The molecule has 4 heteroatoms. The highest BCUT2D eigenvalue weighted by Crippen LogP contribution is 2.15. The van der Waals surface area contributed by atoms with Crippen molar-refractivity contribution in [1.82, 2.24) is 9.55 Å². The van der Waals surface area contributed by atoms with Gasteiger partial charge in [-0.2, -0.15) is 0 Å². The number of ether oxygens (including phenoxy) is 1. The van der Waals surface area contributed by atoms with Gasteiger partial charge in [0.2, 0.25) is 0 Å². The number of rotatable bonds is 8. The second-order valence-electron chi connectivity index (χ2n) is 5.02. The molecule has 0 saturated carbocycles. The molecule has 0 radical (unpaired) electrons. The maximum absolute atomic E-state index is 5.98. The van der Waals surface area contributed by atoms with Gasteiger partial charge in [0.15, 0.2) is 0 Å². The topological polar surface area (TPSA) is 53.1 Å². The lowest BCUT2D eigenvalue weighted by molar-refractivity contribution is 0.301. The molecule has 0 saturated heterocycles. The minimum atomic E-state index is 0.228. The van der Waals surface area contributed by atoms with Gasteiger partial charge in [0.05, 0.1) is 12.9 Å². The van der Waals surface area contributed by atoms with Crippen LogP contribution in [0, 0.1) is 0 Å². The van der Waals surface area contributed by atoms with Gasteiger partial charge in [0, 0.05) is 25.0 Å². The fraction of sp³-hybridized carbons (Fsp3) is 0.438. The first-order valence-electron chi connectivity index (χ1n) is 7.21. The lowest BCUT2D eigenvalue weighted by atomic mass is 10.0. The zero-order chi connectivity index (χ0) is 14.2. The predicted molar refractivity (Wildman–Crippen MR) is 80.8 cm³/mol. The maximum atomic E-state index is 5.98. The molecular formula is C16H23N3O. The number of imidazole rings is 1. The molecule has 0 bridgehead atoms. The van der Waals surface area contributed by atoms with Gasteiger partial charge in [-0.05, 0) is 37.0 Å². The number of nitrogens with zero attached hydrogens (tertiary/aromatic N) is 2. The molecule has 4 nitrogen and oxygen atoms in total. The monoisotopic (exact) mass is 273 g/mol. The molecule has 2 rings (SSSR count). The summed E-state index contributed by atoms with van der Waals surface area (Å²) >= 11 is 0. The van der Waals surface area contributed by atoms with Gasteiger partial charge in [-0.25, -0.2) is 4.98 Å². The van der Waals surface area contributed by atoms with E-state index >= 15 is 0 Å². The molecule has 0 fully saturated rings. The van der Waals surface area contributed by atoms with Crippen LogP contribution in [0.3, 0.4) is 0 Å². The minimum Gasteiger partial charge on any atom is -0.494 e. The van der Waals surface area contributed by atoms with Gasteiger partial charge in [0.1, 0.15) is 5.75 Å². The fourth-order valence-corrected chi connectivity index (χ4v) is 2.07. The molecule has 1 heterocycles. The molecule has 20 heavy (non-hydrogen) atoms. The van der Waals surface area contributed by atoms with Crippen molar-refractivity contribution in [3.8, 4) is 5.75 Å². The van der Waals surface area contributed by atoms with Crippen LogP contribution in [0.2, 0.25) is 0 Å². The van der Waals surface area contributed by atoms with E-state index in [2.05, 4.69) is 28.6 Å². The van der Waals surface area contributed by atoms with Crippen molar-refractivity contribution in [2.45, 2.75) is 38.8 Å². The molecule has 1 aromatic heterocycles. The Balaban J connectivity index is 1.76. The van der Waals surface area contributed by atoms with Crippen molar-refractivity contribution in [2.24, 2.45) is 5.73 Å². The molecule has 0 aliphatic heterocycles. The van der Waals surface area contributed by atoms with E-state index in [1.165, 1.54) is 5.56 Å². The number of benzene rings is 1. The van der Waals surface area contributed by atoms with E-state index in [-0.39, 0.29) is 6.04 Å². The van der Waals surface area contributed by atoms with E-state index in [4.69, 9.17) is 10.5 Å². The van der Waals surface area contributed by atoms with Crippen molar-refractivity contribution < 1.29 is 4.74 Å². The van der Waals surface area contributed by atoms with Gasteiger partial charge in [-0.3, -0.25) is 0 Å². The summed E-state index contributed by atoms with van der Waals surface area (Å²) in [5.74, 6) is 0.927. The summed E-state index contributed by atoms with van der Waals surface area (Å²) < 4.78 is 7.84. The molecule has 108 valence electrons. The highest BCUT2D eigenvalue weighted by molar-refractivity contribution is 5.29. The maximum Gasteiger partial charge on any atom is 0.119 e. The number of hydrogen-bond acceptors (Lipinski definition) is 3. The van der Waals surface area contributed by atoms with Crippen molar-refractivity contribution in [3.05, 3.63) is 48.5 Å². The van der Waals surface area contributed by atoms with Crippen molar-refractivity contribution in [1.29, 1.82) is 0 Å². The third kappa shape index (κ3) is 4.70. The molecule has 0 aliphatic carbocycles. The van der Waals surface area contributed by atoms with Gasteiger partial charge in [-0.1, -0.05) is 19.1 Å². The summed E-state index contributed by atoms with van der Waals surface area (Å²) in [6.45, 7) is 3.75. The summed E-state index contributed by atoms with van der Waals surface area (Å²) in [5.41, 5.74) is 7.22. The SMILES string of the molecule is CCC(N)Cc1cccc(OCCCn2ccnc2)c1. The predicted octanol–water partition coefficient (Wildman–Crippen LogP) is 2.63. The molecule has 1 unspecified atom stereocenters. The van der Waals surface area contributed by atoms with Crippen molar-refractivity contribution in [2.75, 3.05) is 6.61 Å². The zero-order valence-electron chi connectivity index (χ0n) is 12.0. The second-order valence-corrected chi connectivity index (χ2v) is 5.02. The van der Waals surface area contributed by atoms with Gasteiger partial charge < -0.3 is 15.0 Å². The largest absolute Gasteiger partial charge is 0.494 e. The van der Waals surface area contributed by atoms with E-state index in [1.807, 2.05) is 24.7 Å². The summed E-state index contributed by atoms with van der Waals surface area (Å²) in [6, 6.07) is 8.45. The van der Waals surface area contributed by atoms with Crippen LogP contribution in [0.15, 0.2) is 43.0 Å². The molecule has 0 spiro atoms. The molecule has 2 N–H and O–H groups in total. The average molecular weight is 273 g/mol.